The number of hydrogen-bond acceptors (Lipinski definition) is 4. The topological polar surface area (TPSA) is 50.8 Å². The highest BCUT2D eigenvalue weighted by Crippen LogP contribution is 2.42. The van der Waals surface area contributed by atoms with Crippen LogP contribution in [-0.2, 0) is 0 Å². The Labute approximate surface area is 127 Å². The van der Waals surface area contributed by atoms with Crippen LogP contribution in [0.5, 0.6) is 11.5 Å². The van der Waals surface area contributed by atoms with Crippen LogP contribution in [0.15, 0.2) is 47.4 Å². The summed E-state index contributed by atoms with van der Waals surface area (Å²) in [6, 6.07) is 12.8. The van der Waals surface area contributed by atoms with Crippen LogP contribution in [0, 0.1) is 0 Å². The number of carbonyl (C=O) groups is 1. The van der Waals surface area contributed by atoms with Gasteiger partial charge < -0.3 is 14.8 Å². The Morgan fingerprint density at radius 1 is 1.10 bits per heavy atom. The summed E-state index contributed by atoms with van der Waals surface area (Å²) in [5.74, 6) is 1.26. The standard InChI is InChI=1S/C15H14N2O3S/c1-19-10-7-8-12(13(9-10)20-2)17-15(18)16-11-5-3-4-6-14(11)21-17/h3-9H,1-2H3,(H,16,18). The van der Waals surface area contributed by atoms with Gasteiger partial charge in [0.2, 0.25) is 0 Å². The minimum Gasteiger partial charge on any atom is -0.497 e. The van der Waals surface area contributed by atoms with Gasteiger partial charge in [-0.2, -0.15) is 0 Å². The van der Waals surface area contributed by atoms with Crippen LogP contribution < -0.4 is 19.1 Å². The fraction of sp³-hybridized carbons (Fsp3) is 0.133. The fourth-order valence-electron chi connectivity index (χ4n) is 2.07. The second-order valence-electron chi connectivity index (χ2n) is 4.35. The Bertz CT molecular complexity index is 690. The largest absolute Gasteiger partial charge is 0.497 e. The van der Waals surface area contributed by atoms with E-state index in [0.717, 1.165) is 10.6 Å². The van der Waals surface area contributed by atoms with Crippen molar-refractivity contribution in [2.75, 3.05) is 23.8 Å². The molecule has 0 aliphatic carbocycles. The van der Waals surface area contributed by atoms with Crippen LogP contribution in [0.25, 0.3) is 0 Å². The van der Waals surface area contributed by atoms with Crippen LogP contribution in [0.1, 0.15) is 0 Å². The minimum atomic E-state index is -0.206. The van der Waals surface area contributed by atoms with Gasteiger partial charge in [-0.15, -0.1) is 0 Å². The molecule has 0 atom stereocenters. The third kappa shape index (κ3) is 2.50. The molecule has 1 N–H and O–H groups in total. The van der Waals surface area contributed by atoms with E-state index in [2.05, 4.69) is 5.32 Å². The Morgan fingerprint density at radius 3 is 2.67 bits per heavy atom. The number of benzene rings is 2. The number of hydrogen-bond donors (Lipinski definition) is 1. The zero-order chi connectivity index (χ0) is 14.8. The maximum atomic E-state index is 12.3. The first-order valence-electron chi connectivity index (χ1n) is 6.33. The van der Waals surface area contributed by atoms with Crippen LogP contribution in [0.3, 0.4) is 0 Å². The van der Waals surface area contributed by atoms with Gasteiger partial charge in [0, 0.05) is 6.07 Å². The van der Waals surface area contributed by atoms with Crippen molar-refractivity contribution in [1.29, 1.82) is 0 Å². The third-order valence-corrected chi connectivity index (χ3v) is 4.21. The molecule has 108 valence electrons. The number of ether oxygens (including phenoxy) is 2. The Hall–Kier alpha value is -2.34. The summed E-state index contributed by atoms with van der Waals surface area (Å²) in [7, 11) is 3.16. The van der Waals surface area contributed by atoms with E-state index in [9.17, 15) is 4.79 Å². The molecule has 0 bridgehead atoms. The molecule has 1 aliphatic rings. The number of rotatable bonds is 3. The number of fused-ring (bicyclic) bond motifs is 1. The lowest BCUT2D eigenvalue weighted by molar-refractivity contribution is 0.259. The quantitative estimate of drug-likeness (QED) is 0.877. The molecule has 0 spiro atoms. The molecule has 1 heterocycles. The van der Waals surface area contributed by atoms with Crippen molar-refractivity contribution in [1.82, 2.24) is 0 Å². The van der Waals surface area contributed by atoms with Crippen molar-refractivity contribution >= 4 is 29.4 Å². The summed E-state index contributed by atoms with van der Waals surface area (Å²) in [5.41, 5.74) is 1.49. The van der Waals surface area contributed by atoms with Crippen molar-refractivity contribution in [2.45, 2.75) is 4.90 Å². The molecule has 0 unspecified atom stereocenters. The third-order valence-electron chi connectivity index (χ3n) is 3.11. The maximum Gasteiger partial charge on any atom is 0.337 e. The van der Waals surface area contributed by atoms with E-state index in [4.69, 9.17) is 9.47 Å². The Morgan fingerprint density at radius 2 is 1.90 bits per heavy atom. The lowest BCUT2D eigenvalue weighted by Gasteiger charge is -2.28. The summed E-state index contributed by atoms with van der Waals surface area (Å²) in [5, 5.41) is 2.87. The van der Waals surface area contributed by atoms with Gasteiger partial charge >= 0.3 is 6.03 Å². The van der Waals surface area contributed by atoms with Gasteiger partial charge in [0.05, 0.1) is 30.5 Å². The molecule has 21 heavy (non-hydrogen) atoms. The highest BCUT2D eigenvalue weighted by Gasteiger charge is 2.27. The van der Waals surface area contributed by atoms with E-state index in [0.29, 0.717) is 17.2 Å². The van der Waals surface area contributed by atoms with Gasteiger partial charge in [0.25, 0.3) is 0 Å². The first-order chi connectivity index (χ1) is 10.2. The SMILES string of the molecule is COc1ccc(N2Sc3ccccc3NC2=O)c(OC)c1. The number of nitrogens with zero attached hydrogens (tertiary/aromatic N) is 1. The number of urea groups is 1. The van der Waals surface area contributed by atoms with Gasteiger partial charge in [0.1, 0.15) is 11.5 Å². The summed E-state index contributed by atoms with van der Waals surface area (Å²) in [6.07, 6.45) is 0. The molecule has 2 aromatic rings. The van der Waals surface area contributed by atoms with Crippen molar-refractivity contribution in [3.8, 4) is 11.5 Å². The summed E-state index contributed by atoms with van der Waals surface area (Å²) in [6.45, 7) is 0. The molecular formula is C15H14N2O3S. The number of carbonyl (C=O) groups excluding carboxylic acids is 1. The number of amides is 2. The molecule has 2 aromatic carbocycles. The first kappa shape index (κ1) is 13.6. The highest BCUT2D eigenvalue weighted by molar-refractivity contribution is 8.01. The summed E-state index contributed by atoms with van der Waals surface area (Å²) in [4.78, 5) is 13.3. The van der Waals surface area contributed by atoms with Gasteiger partial charge in [-0.25, -0.2) is 9.10 Å². The van der Waals surface area contributed by atoms with E-state index < -0.39 is 0 Å². The van der Waals surface area contributed by atoms with Crippen molar-refractivity contribution in [3.05, 3.63) is 42.5 Å². The number of anilines is 2. The smallest absolute Gasteiger partial charge is 0.337 e. The molecule has 5 nitrogen and oxygen atoms in total. The first-order valence-corrected chi connectivity index (χ1v) is 7.10. The summed E-state index contributed by atoms with van der Waals surface area (Å²) < 4.78 is 12.1. The van der Waals surface area contributed by atoms with Gasteiger partial charge in [-0.05, 0) is 36.2 Å². The normalized spacial score (nSPS) is 13.4. The summed E-state index contributed by atoms with van der Waals surface area (Å²) >= 11 is 1.36. The number of methoxy groups -OCH3 is 2. The zero-order valence-corrected chi connectivity index (χ0v) is 12.4. The van der Waals surface area contributed by atoms with E-state index in [1.807, 2.05) is 24.3 Å². The molecule has 0 fully saturated rings. The van der Waals surface area contributed by atoms with Crippen LogP contribution in [0.4, 0.5) is 16.2 Å². The monoisotopic (exact) mass is 302 g/mol. The lowest BCUT2D eigenvalue weighted by Crippen LogP contribution is -2.32. The molecule has 0 saturated carbocycles. The minimum absolute atomic E-state index is 0.206. The average Bonchev–Trinajstić information content (AvgIpc) is 2.53. The molecule has 2 amide bonds. The van der Waals surface area contributed by atoms with E-state index >= 15 is 0 Å². The highest BCUT2D eigenvalue weighted by atomic mass is 32.2. The second kappa shape index (κ2) is 5.57. The van der Waals surface area contributed by atoms with Crippen LogP contribution in [0.2, 0.25) is 0 Å². The zero-order valence-electron chi connectivity index (χ0n) is 11.6. The van der Waals surface area contributed by atoms with Crippen LogP contribution in [-0.4, -0.2) is 20.3 Å². The van der Waals surface area contributed by atoms with Gasteiger partial charge in [-0.1, -0.05) is 12.1 Å². The average molecular weight is 302 g/mol. The molecule has 3 rings (SSSR count). The van der Waals surface area contributed by atoms with Gasteiger partial charge in [0.15, 0.2) is 0 Å². The van der Waals surface area contributed by atoms with Gasteiger partial charge in [-0.3, -0.25) is 0 Å². The molecule has 0 radical (unpaired) electrons. The molecule has 6 heteroatoms. The number of nitrogens with one attached hydrogen (secondary N) is 1. The second-order valence-corrected chi connectivity index (χ2v) is 5.34. The van der Waals surface area contributed by atoms with Crippen molar-refractivity contribution in [3.63, 3.8) is 0 Å². The van der Waals surface area contributed by atoms with Crippen molar-refractivity contribution < 1.29 is 14.3 Å². The molecular weight excluding hydrogens is 288 g/mol. The van der Waals surface area contributed by atoms with Crippen LogP contribution >= 0.6 is 11.9 Å². The van der Waals surface area contributed by atoms with E-state index in [1.165, 1.54) is 11.9 Å². The predicted octanol–water partition coefficient (Wildman–Crippen LogP) is 3.76. The predicted molar refractivity (Wildman–Crippen MR) is 83.3 cm³/mol. The Kier molecular flexibility index (Phi) is 3.62. The van der Waals surface area contributed by atoms with E-state index in [1.54, 1.807) is 36.7 Å². The molecule has 1 aliphatic heterocycles. The fourth-order valence-corrected chi connectivity index (χ4v) is 3.00. The number of para-hydroxylation sites is 1. The lowest BCUT2D eigenvalue weighted by atomic mass is 10.2. The Balaban J connectivity index is 1.99. The van der Waals surface area contributed by atoms with E-state index in [-0.39, 0.29) is 6.03 Å². The molecule has 0 saturated heterocycles. The molecule has 0 aromatic heterocycles. The maximum absolute atomic E-state index is 12.3. The van der Waals surface area contributed by atoms with Crippen molar-refractivity contribution in [2.24, 2.45) is 0 Å².